The topological polar surface area (TPSA) is 102 Å². The monoisotopic (exact) mass is 297 g/mol. The summed E-state index contributed by atoms with van der Waals surface area (Å²) < 4.78 is 1.46. The van der Waals surface area contributed by atoms with E-state index in [2.05, 4.69) is 15.7 Å². The molecule has 0 saturated heterocycles. The Hall–Kier alpha value is -2.12. The number of carbonyl (C=O) groups is 1. The highest BCUT2D eigenvalue weighted by Crippen LogP contribution is 2.30. The number of hydrogen-bond acceptors (Lipinski definition) is 5. The van der Waals surface area contributed by atoms with Gasteiger partial charge < -0.3 is 10.6 Å². The maximum atomic E-state index is 11.8. The number of carbonyl (C=O) groups excluding carboxylic acids is 1. The lowest BCUT2D eigenvalue weighted by atomic mass is 9.92. The predicted molar refractivity (Wildman–Crippen MR) is 80.2 cm³/mol. The molecule has 0 spiro atoms. The minimum Gasteiger partial charge on any atom is -0.363 e. The summed E-state index contributed by atoms with van der Waals surface area (Å²) in [7, 11) is 3.22. The zero-order valence-corrected chi connectivity index (χ0v) is 13.2. The van der Waals surface area contributed by atoms with Crippen LogP contribution in [0, 0.1) is 15.5 Å². The summed E-state index contributed by atoms with van der Waals surface area (Å²) >= 11 is 0. The van der Waals surface area contributed by atoms with Crippen molar-refractivity contribution in [2.45, 2.75) is 33.6 Å². The van der Waals surface area contributed by atoms with Crippen molar-refractivity contribution in [1.82, 2.24) is 15.1 Å². The number of nitrogens with one attached hydrogen (secondary N) is 2. The third kappa shape index (κ3) is 3.71. The Balaban J connectivity index is 3.03. The second-order valence-corrected chi connectivity index (χ2v) is 5.59. The van der Waals surface area contributed by atoms with E-state index >= 15 is 0 Å². The molecule has 0 aromatic carbocycles. The van der Waals surface area contributed by atoms with Crippen LogP contribution in [-0.4, -0.2) is 34.2 Å². The molecule has 1 aromatic heterocycles. The molecule has 0 saturated carbocycles. The number of aromatic nitrogens is 2. The van der Waals surface area contributed by atoms with E-state index in [0.717, 1.165) is 6.42 Å². The van der Waals surface area contributed by atoms with Crippen LogP contribution in [0.3, 0.4) is 0 Å². The molecule has 0 atom stereocenters. The van der Waals surface area contributed by atoms with Gasteiger partial charge in [0.25, 0.3) is 0 Å². The van der Waals surface area contributed by atoms with E-state index in [0.29, 0.717) is 17.9 Å². The molecule has 8 nitrogen and oxygen atoms in total. The Morgan fingerprint density at radius 1 is 1.48 bits per heavy atom. The molecule has 0 radical (unpaired) electrons. The predicted octanol–water partition coefficient (Wildman–Crippen LogP) is 1.46. The summed E-state index contributed by atoms with van der Waals surface area (Å²) in [5.41, 5.74) is -0.227. The lowest BCUT2D eigenvalue weighted by Gasteiger charge is -2.23. The number of aryl methyl sites for hydroxylation is 2. The van der Waals surface area contributed by atoms with Crippen LogP contribution in [0.25, 0.3) is 0 Å². The van der Waals surface area contributed by atoms with Crippen molar-refractivity contribution in [2.24, 2.45) is 12.5 Å². The average molecular weight is 297 g/mol. The summed E-state index contributed by atoms with van der Waals surface area (Å²) in [5, 5.41) is 21.1. The molecular formula is C13H23N5O3. The standard InChI is InChI=1S/C13H23N5O3/c1-6-7-9-10(18(20)21)11(17(5)16-9)15-8-13(2,3)12(19)14-4/h15H,6-8H2,1-5H3,(H,14,19). The number of nitrogens with zero attached hydrogens (tertiary/aromatic N) is 3. The van der Waals surface area contributed by atoms with Gasteiger partial charge in [0.1, 0.15) is 5.69 Å². The molecule has 21 heavy (non-hydrogen) atoms. The molecule has 1 heterocycles. The Labute approximate surface area is 124 Å². The summed E-state index contributed by atoms with van der Waals surface area (Å²) in [6.07, 6.45) is 1.33. The van der Waals surface area contributed by atoms with Crippen molar-refractivity contribution in [1.29, 1.82) is 0 Å². The highest BCUT2D eigenvalue weighted by atomic mass is 16.6. The van der Waals surface area contributed by atoms with Gasteiger partial charge in [0.2, 0.25) is 11.7 Å². The number of hydrogen-bond donors (Lipinski definition) is 2. The van der Waals surface area contributed by atoms with E-state index in [1.165, 1.54) is 4.68 Å². The van der Waals surface area contributed by atoms with Crippen LogP contribution in [-0.2, 0) is 18.3 Å². The third-order valence-electron chi connectivity index (χ3n) is 3.30. The summed E-state index contributed by atoms with van der Waals surface area (Å²) in [6.45, 7) is 5.76. The van der Waals surface area contributed by atoms with Gasteiger partial charge in [-0.2, -0.15) is 5.10 Å². The lowest BCUT2D eigenvalue weighted by molar-refractivity contribution is -0.384. The van der Waals surface area contributed by atoms with E-state index < -0.39 is 10.3 Å². The van der Waals surface area contributed by atoms with Crippen LogP contribution in [0.4, 0.5) is 11.5 Å². The van der Waals surface area contributed by atoms with Crippen LogP contribution in [0.15, 0.2) is 0 Å². The average Bonchev–Trinajstić information content (AvgIpc) is 2.72. The van der Waals surface area contributed by atoms with E-state index in [9.17, 15) is 14.9 Å². The minimum absolute atomic E-state index is 0.00735. The zero-order chi connectivity index (χ0) is 16.2. The van der Waals surface area contributed by atoms with Gasteiger partial charge in [0.05, 0.1) is 10.3 Å². The number of nitro groups is 1. The molecule has 0 aliphatic heterocycles. The highest BCUT2D eigenvalue weighted by Gasteiger charge is 2.30. The molecule has 0 aliphatic carbocycles. The van der Waals surface area contributed by atoms with E-state index in [1.54, 1.807) is 27.9 Å². The summed E-state index contributed by atoms with van der Waals surface area (Å²) in [5.74, 6) is 0.203. The number of amides is 1. The fraction of sp³-hybridized carbons (Fsp3) is 0.692. The Morgan fingerprint density at radius 2 is 2.10 bits per heavy atom. The first kappa shape index (κ1) is 16.9. The van der Waals surface area contributed by atoms with Crippen LogP contribution in [0.1, 0.15) is 32.9 Å². The Bertz CT molecular complexity index is 536. The van der Waals surface area contributed by atoms with E-state index in [1.807, 2.05) is 6.92 Å². The van der Waals surface area contributed by atoms with Crippen LogP contribution < -0.4 is 10.6 Å². The quantitative estimate of drug-likeness (QED) is 0.586. The highest BCUT2D eigenvalue weighted by molar-refractivity contribution is 5.82. The van der Waals surface area contributed by atoms with Crippen LogP contribution >= 0.6 is 0 Å². The maximum Gasteiger partial charge on any atom is 0.333 e. The first-order valence-electron chi connectivity index (χ1n) is 6.91. The molecule has 1 aromatic rings. The third-order valence-corrected chi connectivity index (χ3v) is 3.30. The second kappa shape index (κ2) is 6.55. The Morgan fingerprint density at radius 3 is 2.57 bits per heavy atom. The van der Waals surface area contributed by atoms with Gasteiger partial charge in [-0.05, 0) is 20.3 Å². The smallest absolute Gasteiger partial charge is 0.333 e. The largest absolute Gasteiger partial charge is 0.363 e. The molecule has 0 fully saturated rings. The van der Waals surface area contributed by atoms with Gasteiger partial charge in [-0.15, -0.1) is 0 Å². The SMILES string of the molecule is CCCc1nn(C)c(NCC(C)(C)C(=O)NC)c1[N+](=O)[O-]. The molecule has 1 rings (SSSR count). The van der Waals surface area contributed by atoms with Crippen LogP contribution in [0.5, 0.6) is 0 Å². The molecule has 1 amide bonds. The summed E-state index contributed by atoms with van der Waals surface area (Å²) in [4.78, 5) is 22.6. The molecule has 118 valence electrons. The van der Waals surface area contributed by atoms with E-state index in [4.69, 9.17) is 0 Å². The fourth-order valence-corrected chi connectivity index (χ4v) is 2.09. The lowest BCUT2D eigenvalue weighted by Crippen LogP contribution is -2.39. The summed E-state index contributed by atoms with van der Waals surface area (Å²) in [6, 6.07) is 0. The second-order valence-electron chi connectivity index (χ2n) is 5.59. The number of rotatable bonds is 7. The maximum absolute atomic E-state index is 11.8. The van der Waals surface area contributed by atoms with Crippen molar-refractivity contribution >= 4 is 17.4 Å². The zero-order valence-electron chi connectivity index (χ0n) is 13.2. The van der Waals surface area contributed by atoms with Crippen molar-refractivity contribution in [3.8, 4) is 0 Å². The Kier molecular flexibility index (Phi) is 5.28. The molecule has 0 aliphatic rings. The van der Waals surface area contributed by atoms with Gasteiger partial charge in [-0.3, -0.25) is 14.9 Å². The van der Waals surface area contributed by atoms with Crippen molar-refractivity contribution < 1.29 is 9.72 Å². The molecule has 0 unspecified atom stereocenters. The van der Waals surface area contributed by atoms with Crippen LogP contribution in [0.2, 0.25) is 0 Å². The van der Waals surface area contributed by atoms with Gasteiger partial charge in [-0.25, -0.2) is 4.68 Å². The first-order chi connectivity index (χ1) is 9.74. The molecular weight excluding hydrogens is 274 g/mol. The van der Waals surface area contributed by atoms with Gasteiger partial charge in [0, 0.05) is 20.6 Å². The van der Waals surface area contributed by atoms with Gasteiger partial charge >= 0.3 is 5.69 Å². The van der Waals surface area contributed by atoms with Crippen molar-refractivity contribution in [3.63, 3.8) is 0 Å². The molecule has 2 N–H and O–H groups in total. The van der Waals surface area contributed by atoms with Crippen molar-refractivity contribution in [2.75, 3.05) is 18.9 Å². The molecule has 8 heteroatoms. The fourth-order valence-electron chi connectivity index (χ4n) is 2.09. The van der Waals surface area contributed by atoms with Gasteiger partial charge in [-0.1, -0.05) is 13.3 Å². The normalized spacial score (nSPS) is 11.3. The minimum atomic E-state index is -0.683. The number of anilines is 1. The molecule has 0 bridgehead atoms. The first-order valence-corrected chi connectivity index (χ1v) is 6.91. The van der Waals surface area contributed by atoms with Crippen molar-refractivity contribution in [3.05, 3.63) is 15.8 Å². The van der Waals surface area contributed by atoms with Gasteiger partial charge in [0.15, 0.2) is 0 Å². The van der Waals surface area contributed by atoms with E-state index in [-0.39, 0.29) is 18.1 Å².